The van der Waals surface area contributed by atoms with Crippen molar-refractivity contribution < 1.29 is 24.4 Å². The van der Waals surface area contributed by atoms with Crippen LogP contribution in [0.25, 0.3) is 0 Å². The Morgan fingerprint density at radius 2 is 1.96 bits per heavy atom. The van der Waals surface area contributed by atoms with Crippen LogP contribution in [0.3, 0.4) is 0 Å². The number of aromatic hydroxyl groups is 1. The molecule has 0 radical (unpaired) electrons. The summed E-state index contributed by atoms with van der Waals surface area (Å²) in [5.74, 6) is 1.74. The fraction of sp³-hybridized carbons (Fsp3) is 0.400. The third-order valence-corrected chi connectivity index (χ3v) is 4.43. The lowest BCUT2D eigenvalue weighted by Gasteiger charge is -2.18. The van der Waals surface area contributed by atoms with E-state index in [0.29, 0.717) is 18.7 Å². The summed E-state index contributed by atoms with van der Waals surface area (Å²) >= 11 is 0. The first-order valence-corrected chi connectivity index (χ1v) is 8.67. The van der Waals surface area contributed by atoms with Gasteiger partial charge in [0.2, 0.25) is 6.79 Å². The predicted molar refractivity (Wildman–Crippen MR) is 97.5 cm³/mol. The summed E-state index contributed by atoms with van der Waals surface area (Å²) in [4.78, 5) is 0. The summed E-state index contributed by atoms with van der Waals surface area (Å²) in [5.41, 5.74) is 2.56. The van der Waals surface area contributed by atoms with E-state index in [4.69, 9.17) is 14.2 Å². The molecule has 2 aromatic rings. The third-order valence-electron chi connectivity index (χ3n) is 4.43. The standard InChI is InChI=1S/C20H25NO5/c1-13(7-14-3-6-19-20(8-14)26-12-25-19)21-10-18(23)15-4-5-17(22)16(9-15)11-24-2/h3-6,8-9,13,18,21-23H,7,10-12H2,1-2H3. The molecule has 1 heterocycles. The van der Waals surface area contributed by atoms with E-state index >= 15 is 0 Å². The first-order valence-electron chi connectivity index (χ1n) is 8.67. The molecule has 2 aromatic carbocycles. The molecule has 0 saturated carbocycles. The Bertz CT molecular complexity index is 749. The normalized spacial score (nSPS) is 15.0. The van der Waals surface area contributed by atoms with Crippen LogP contribution in [0.4, 0.5) is 0 Å². The van der Waals surface area contributed by atoms with Gasteiger partial charge < -0.3 is 29.7 Å². The summed E-state index contributed by atoms with van der Waals surface area (Å²) in [6, 6.07) is 11.2. The van der Waals surface area contributed by atoms with E-state index in [1.54, 1.807) is 25.3 Å². The number of nitrogens with one attached hydrogen (secondary N) is 1. The predicted octanol–water partition coefficient (Wildman–Crippen LogP) is 2.52. The number of phenolic OH excluding ortho intramolecular Hbond substituents is 1. The first kappa shape index (κ1) is 18.5. The summed E-state index contributed by atoms with van der Waals surface area (Å²) < 4.78 is 15.8. The van der Waals surface area contributed by atoms with Crippen molar-refractivity contribution in [1.82, 2.24) is 5.32 Å². The molecule has 6 heteroatoms. The number of aliphatic hydroxyl groups excluding tert-OH is 1. The fourth-order valence-corrected chi connectivity index (χ4v) is 3.01. The second kappa shape index (κ2) is 8.40. The highest BCUT2D eigenvalue weighted by atomic mass is 16.7. The van der Waals surface area contributed by atoms with Gasteiger partial charge in [-0.3, -0.25) is 0 Å². The van der Waals surface area contributed by atoms with Crippen LogP contribution in [0.15, 0.2) is 36.4 Å². The average molecular weight is 359 g/mol. The molecule has 1 aliphatic rings. The van der Waals surface area contributed by atoms with Crippen LogP contribution in [0.2, 0.25) is 0 Å². The maximum Gasteiger partial charge on any atom is 0.231 e. The summed E-state index contributed by atoms with van der Waals surface area (Å²) in [6.07, 6.45) is 0.152. The molecule has 0 bridgehead atoms. The quantitative estimate of drug-likeness (QED) is 0.672. The van der Waals surface area contributed by atoms with Crippen molar-refractivity contribution in [3.8, 4) is 17.2 Å². The molecule has 0 saturated heterocycles. The van der Waals surface area contributed by atoms with Crippen molar-refractivity contribution in [2.24, 2.45) is 0 Å². The molecular weight excluding hydrogens is 334 g/mol. The summed E-state index contributed by atoms with van der Waals surface area (Å²) in [5, 5.41) is 23.6. The van der Waals surface area contributed by atoms with Gasteiger partial charge in [-0.2, -0.15) is 0 Å². The van der Waals surface area contributed by atoms with Gasteiger partial charge in [-0.15, -0.1) is 0 Å². The molecule has 2 unspecified atom stereocenters. The molecule has 140 valence electrons. The van der Waals surface area contributed by atoms with Gasteiger partial charge in [-0.25, -0.2) is 0 Å². The lowest BCUT2D eigenvalue weighted by Crippen LogP contribution is -2.32. The molecule has 26 heavy (non-hydrogen) atoms. The van der Waals surface area contributed by atoms with Gasteiger partial charge in [0.25, 0.3) is 0 Å². The topological polar surface area (TPSA) is 80.2 Å². The highest BCUT2D eigenvalue weighted by Crippen LogP contribution is 2.32. The first-order chi connectivity index (χ1) is 12.6. The van der Waals surface area contributed by atoms with E-state index in [0.717, 1.165) is 29.0 Å². The summed E-state index contributed by atoms with van der Waals surface area (Å²) in [7, 11) is 1.57. The highest BCUT2D eigenvalue weighted by Gasteiger charge is 2.15. The Labute approximate surface area is 153 Å². The maximum atomic E-state index is 10.4. The fourth-order valence-electron chi connectivity index (χ4n) is 3.01. The molecule has 6 nitrogen and oxygen atoms in total. The van der Waals surface area contributed by atoms with Gasteiger partial charge in [-0.05, 0) is 48.7 Å². The number of ether oxygens (including phenoxy) is 3. The Hall–Kier alpha value is -2.28. The van der Waals surface area contributed by atoms with Crippen molar-refractivity contribution in [2.45, 2.75) is 32.1 Å². The van der Waals surface area contributed by atoms with E-state index in [-0.39, 0.29) is 18.6 Å². The van der Waals surface area contributed by atoms with Crippen LogP contribution in [0.1, 0.15) is 29.7 Å². The van der Waals surface area contributed by atoms with E-state index in [1.165, 1.54) is 0 Å². The maximum absolute atomic E-state index is 10.4. The molecule has 2 atom stereocenters. The van der Waals surface area contributed by atoms with Crippen LogP contribution in [0.5, 0.6) is 17.2 Å². The minimum absolute atomic E-state index is 0.173. The number of methoxy groups -OCH3 is 1. The Morgan fingerprint density at radius 3 is 2.77 bits per heavy atom. The zero-order valence-corrected chi connectivity index (χ0v) is 15.1. The number of hydrogen-bond acceptors (Lipinski definition) is 6. The minimum atomic E-state index is -0.662. The lowest BCUT2D eigenvalue weighted by atomic mass is 10.0. The van der Waals surface area contributed by atoms with Gasteiger partial charge in [0.15, 0.2) is 11.5 Å². The number of phenols is 1. The second-order valence-electron chi connectivity index (χ2n) is 6.54. The SMILES string of the molecule is COCc1cc(C(O)CNC(C)Cc2ccc3c(c2)OCO3)ccc1O. The molecule has 0 spiro atoms. The van der Waals surface area contributed by atoms with Crippen LogP contribution < -0.4 is 14.8 Å². The number of fused-ring (bicyclic) bond motifs is 1. The zero-order chi connectivity index (χ0) is 18.5. The molecule has 3 N–H and O–H groups in total. The smallest absolute Gasteiger partial charge is 0.231 e. The van der Waals surface area contributed by atoms with Crippen LogP contribution >= 0.6 is 0 Å². The third kappa shape index (κ3) is 4.46. The van der Waals surface area contributed by atoms with Gasteiger partial charge in [0.1, 0.15) is 5.75 Å². The molecule has 0 aliphatic carbocycles. The molecule has 1 aliphatic heterocycles. The van der Waals surface area contributed by atoms with E-state index in [1.807, 2.05) is 18.2 Å². The van der Waals surface area contributed by atoms with E-state index < -0.39 is 6.10 Å². The van der Waals surface area contributed by atoms with Crippen molar-refractivity contribution in [3.05, 3.63) is 53.1 Å². The van der Waals surface area contributed by atoms with Gasteiger partial charge >= 0.3 is 0 Å². The number of benzene rings is 2. The second-order valence-corrected chi connectivity index (χ2v) is 6.54. The molecule has 3 rings (SSSR count). The van der Waals surface area contributed by atoms with Crippen molar-refractivity contribution in [2.75, 3.05) is 20.4 Å². The average Bonchev–Trinajstić information content (AvgIpc) is 3.09. The number of aliphatic hydroxyl groups is 1. The largest absolute Gasteiger partial charge is 0.508 e. The van der Waals surface area contributed by atoms with Crippen LogP contribution in [-0.2, 0) is 17.8 Å². The minimum Gasteiger partial charge on any atom is -0.508 e. The Kier molecular flexibility index (Phi) is 5.98. The zero-order valence-electron chi connectivity index (χ0n) is 15.1. The molecule has 0 fully saturated rings. The molecule has 0 aromatic heterocycles. The van der Waals surface area contributed by atoms with Crippen LogP contribution in [0, 0.1) is 0 Å². The van der Waals surface area contributed by atoms with E-state index in [9.17, 15) is 10.2 Å². The van der Waals surface area contributed by atoms with Crippen molar-refractivity contribution in [1.29, 1.82) is 0 Å². The lowest BCUT2D eigenvalue weighted by molar-refractivity contribution is 0.168. The van der Waals surface area contributed by atoms with Gasteiger partial charge in [-0.1, -0.05) is 12.1 Å². The van der Waals surface area contributed by atoms with Gasteiger partial charge in [0.05, 0.1) is 12.7 Å². The molecule has 0 amide bonds. The van der Waals surface area contributed by atoms with Gasteiger partial charge in [0, 0.05) is 25.3 Å². The highest BCUT2D eigenvalue weighted by molar-refractivity contribution is 5.44. The van der Waals surface area contributed by atoms with Crippen molar-refractivity contribution >= 4 is 0 Å². The Morgan fingerprint density at radius 1 is 1.15 bits per heavy atom. The Balaban J connectivity index is 1.54. The monoisotopic (exact) mass is 359 g/mol. The molecular formula is C20H25NO5. The van der Waals surface area contributed by atoms with Crippen molar-refractivity contribution in [3.63, 3.8) is 0 Å². The van der Waals surface area contributed by atoms with Crippen LogP contribution in [-0.4, -0.2) is 36.7 Å². The van der Waals surface area contributed by atoms with E-state index in [2.05, 4.69) is 12.2 Å². The number of hydrogen-bond donors (Lipinski definition) is 3. The number of rotatable bonds is 8. The summed E-state index contributed by atoms with van der Waals surface area (Å²) in [6.45, 7) is 3.07.